The largest absolute Gasteiger partial charge is 0.461 e. The van der Waals surface area contributed by atoms with E-state index >= 15 is 0 Å². The van der Waals surface area contributed by atoms with E-state index in [4.69, 9.17) is 4.74 Å². The first-order valence-corrected chi connectivity index (χ1v) is 8.69. The smallest absolute Gasteiger partial charge is 0.319 e. The monoisotopic (exact) mass is 354 g/mol. The Bertz CT molecular complexity index is 719. The van der Waals surface area contributed by atoms with Gasteiger partial charge < -0.3 is 15.4 Å². The highest BCUT2D eigenvalue weighted by Crippen LogP contribution is 2.22. The summed E-state index contributed by atoms with van der Waals surface area (Å²) >= 11 is 0. The van der Waals surface area contributed by atoms with Crippen LogP contribution in [0.3, 0.4) is 0 Å². The quantitative estimate of drug-likeness (QED) is 0.763. The molecule has 5 nitrogen and oxygen atoms in total. The maximum Gasteiger partial charge on any atom is 0.319 e. The highest BCUT2D eigenvalue weighted by atomic mass is 16.5. The third kappa shape index (κ3) is 6.59. The molecule has 5 heteroatoms. The minimum atomic E-state index is -0.346. The van der Waals surface area contributed by atoms with Gasteiger partial charge in [0.25, 0.3) is 0 Å². The zero-order valence-electron chi connectivity index (χ0n) is 15.5. The Hall–Kier alpha value is -2.82. The summed E-state index contributed by atoms with van der Waals surface area (Å²) in [6.07, 6.45) is 0.127. The number of ether oxygens (including phenoxy) is 1. The molecular formula is C21H26N2O3. The van der Waals surface area contributed by atoms with Crippen molar-refractivity contribution < 1.29 is 14.3 Å². The summed E-state index contributed by atoms with van der Waals surface area (Å²) in [5.41, 5.74) is 2.98. The van der Waals surface area contributed by atoms with Gasteiger partial charge in [-0.25, -0.2) is 4.79 Å². The first-order valence-electron chi connectivity index (χ1n) is 8.69. The topological polar surface area (TPSA) is 67.4 Å². The van der Waals surface area contributed by atoms with Crippen LogP contribution in [-0.4, -0.2) is 18.5 Å². The standard InChI is InChI=1S/C21H26N2O3/c1-21(2,3)17-11-9-16(10-12-17)15-26-19(24)13-14-22-20(25)23-18-7-5-4-6-8-18/h4-12H,13-15H2,1-3H3,(H2,22,23,25). The highest BCUT2D eigenvalue weighted by molar-refractivity contribution is 5.89. The fourth-order valence-electron chi connectivity index (χ4n) is 2.31. The molecule has 0 unspecified atom stereocenters. The van der Waals surface area contributed by atoms with E-state index in [1.165, 1.54) is 5.56 Å². The van der Waals surface area contributed by atoms with Crippen molar-refractivity contribution in [3.8, 4) is 0 Å². The molecule has 0 aromatic heterocycles. The molecule has 0 heterocycles. The third-order valence-corrected chi connectivity index (χ3v) is 3.87. The first kappa shape index (κ1) is 19.5. The van der Waals surface area contributed by atoms with Crippen molar-refractivity contribution in [3.63, 3.8) is 0 Å². The Labute approximate surface area is 154 Å². The lowest BCUT2D eigenvalue weighted by atomic mass is 9.87. The number of urea groups is 1. The molecule has 2 amide bonds. The van der Waals surface area contributed by atoms with Gasteiger partial charge in [0.05, 0.1) is 6.42 Å². The fourth-order valence-corrected chi connectivity index (χ4v) is 2.31. The third-order valence-electron chi connectivity index (χ3n) is 3.87. The van der Waals surface area contributed by atoms with Gasteiger partial charge >= 0.3 is 12.0 Å². The van der Waals surface area contributed by atoms with Gasteiger partial charge in [-0.3, -0.25) is 4.79 Å². The van der Waals surface area contributed by atoms with E-state index < -0.39 is 0 Å². The Morgan fingerprint density at radius 3 is 2.23 bits per heavy atom. The SMILES string of the molecule is CC(C)(C)c1ccc(COC(=O)CCNC(=O)Nc2ccccc2)cc1. The summed E-state index contributed by atoms with van der Waals surface area (Å²) < 4.78 is 5.24. The number of carbonyl (C=O) groups excluding carboxylic acids is 2. The van der Waals surface area contributed by atoms with Gasteiger partial charge in [0.15, 0.2) is 0 Å². The lowest BCUT2D eigenvalue weighted by Crippen LogP contribution is -2.30. The van der Waals surface area contributed by atoms with E-state index in [9.17, 15) is 9.59 Å². The van der Waals surface area contributed by atoms with Crippen LogP contribution in [0.2, 0.25) is 0 Å². The molecule has 0 radical (unpaired) electrons. The molecule has 0 atom stereocenters. The second-order valence-electron chi connectivity index (χ2n) is 7.10. The van der Waals surface area contributed by atoms with Crippen LogP contribution < -0.4 is 10.6 Å². The van der Waals surface area contributed by atoms with Gasteiger partial charge in [0.1, 0.15) is 6.61 Å². The molecule has 0 saturated carbocycles. The number of hydrogen-bond acceptors (Lipinski definition) is 3. The van der Waals surface area contributed by atoms with E-state index in [2.05, 4.69) is 43.5 Å². The molecule has 0 aliphatic carbocycles. The maximum atomic E-state index is 11.8. The highest BCUT2D eigenvalue weighted by Gasteiger charge is 2.13. The number of amides is 2. The molecule has 0 aliphatic rings. The molecule has 0 saturated heterocycles. The molecule has 0 aliphatic heterocycles. The number of benzene rings is 2. The normalized spacial score (nSPS) is 10.9. The van der Waals surface area contributed by atoms with Crippen molar-refractivity contribution in [1.82, 2.24) is 5.32 Å². The van der Waals surface area contributed by atoms with Crippen molar-refractivity contribution in [2.75, 3.05) is 11.9 Å². The molecule has 2 rings (SSSR count). The molecule has 2 N–H and O–H groups in total. The van der Waals surface area contributed by atoms with Crippen LogP contribution >= 0.6 is 0 Å². The predicted molar refractivity (Wildman–Crippen MR) is 103 cm³/mol. The average molecular weight is 354 g/mol. The Kier molecular flexibility index (Phi) is 6.78. The minimum absolute atomic E-state index is 0.0984. The van der Waals surface area contributed by atoms with Crippen molar-refractivity contribution in [3.05, 3.63) is 65.7 Å². The molecular weight excluding hydrogens is 328 g/mol. The van der Waals surface area contributed by atoms with Crippen LogP contribution in [0, 0.1) is 0 Å². The maximum absolute atomic E-state index is 11.8. The second-order valence-corrected chi connectivity index (χ2v) is 7.10. The lowest BCUT2D eigenvalue weighted by Gasteiger charge is -2.19. The van der Waals surface area contributed by atoms with Crippen molar-refractivity contribution >= 4 is 17.7 Å². The van der Waals surface area contributed by atoms with Crippen LogP contribution in [0.25, 0.3) is 0 Å². The van der Waals surface area contributed by atoms with Crippen LogP contribution in [0.1, 0.15) is 38.3 Å². The molecule has 0 spiro atoms. The summed E-state index contributed by atoms with van der Waals surface area (Å²) in [6.45, 7) is 6.93. The number of para-hydroxylation sites is 1. The summed E-state index contributed by atoms with van der Waals surface area (Å²) in [4.78, 5) is 23.5. The first-order chi connectivity index (χ1) is 12.3. The van der Waals surface area contributed by atoms with Gasteiger partial charge in [-0.1, -0.05) is 63.2 Å². The zero-order valence-corrected chi connectivity index (χ0v) is 15.5. The van der Waals surface area contributed by atoms with Crippen LogP contribution in [0.4, 0.5) is 10.5 Å². The van der Waals surface area contributed by atoms with Crippen LogP contribution in [-0.2, 0) is 21.6 Å². The van der Waals surface area contributed by atoms with Crippen LogP contribution in [0.5, 0.6) is 0 Å². The van der Waals surface area contributed by atoms with E-state index in [1.54, 1.807) is 12.1 Å². The zero-order chi connectivity index (χ0) is 19.0. The van der Waals surface area contributed by atoms with Crippen molar-refractivity contribution in [1.29, 1.82) is 0 Å². The number of hydrogen-bond donors (Lipinski definition) is 2. The van der Waals surface area contributed by atoms with E-state index in [0.29, 0.717) is 5.69 Å². The van der Waals surface area contributed by atoms with Crippen molar-refractivity contribution in [2.24, 2.45) is 0 Å². The summed E-state index contributed by atoms with van der Waals surface area (Å²) in [7, 11) is 0. The summed E-state index contributed by atoms with van der Waals surface area (Å²) in [5.74, 6) is -0.343. The minimum Gasteiger partial charge on any atom is -0.461 e. The van der Waals surface area contributed by atoms with E-state index in [0.717, 1.165) is 5.56 Å². The van der Waals surface area contributed by atoms with Gasteiger partial charge in [-0.05, 0) is 28.7 Å². The lowest BCUT2D eigenvalue weighted by molar-refractivity contribution is -0.144. The van der Waals surface area contributed by atoms with E-state index in [1.807, 2.05) is 30.3 Å². The van der Waals surface area contributed by atoms with Gasteiger partial charge in [-0.2, -0.15) is 0 Å². The van der Waals surface area contributed by atoms with Gasteiger partial charge in [0.2, 0.25) is 0 Å². The molecule has 138 valence electrons. The summed E-state index contributed by atoms with van der Waals surface area (Å²) in [6, 6.07) is 16.8. The Balaban J connectivity index is 1.66. The molecule has 2 aromatic rings. The average Bonchev–Trinajstić information content (AvgIpc) is 2.60. The number of carbonyl (C=O) groups is 2. The number of nitrogens with one attached hydrogen (secondary N) is 2. The number of esters is 1. The molecule has 26 heavy (non-hydrogen) atoms. The molecule has 2 aromatic carbocycles. The van der Waals surface area contributed by atoms with Gasteiger partial charge in [-0.15, -0.1) is 0 Å². The Morgan fingerprint density at radius 1 is 0.962 bits per heavy atom. The van der Waals surface area contributed by atoms with Crippen LogP contribution in [0.15, 0.2) is 54.6 Å². The number of rotatable bonds is 6. The summed E-state index contributed by atoms with van der Waals surface area (Å²) in [5, 5.41) is 5.32. The van der Waals surface area contributed by atoms with Crippen molar-refractivity contribution in [2.45, 2.75) is 39.2 Å². The van der Waals surface area contributed by atoms with E-state index in [-0.39, 0.29) is 37.0 Å². The molecule has 0 bridgehead atoms. The fraction of sp³-hybridized carbons (Fsp3) is 0.333. The van der Waals surface area contributed by atoms with Gasteiger partial charge in [0, 0.05) is 12.2 Å². The number of anilines is 1. The Morgan fingerprint density at radius 2 is 1.62 bits per heavy atom. The predicted octanol–water partition coefficient (Wildman–Crippen LogP) is 4.24. The second kappa shape index (κ2) is 9.04. The molecule has 0 fully saturated rings.